The van der Waals surface area contributed by atoms with Gasteiger partial charge < -0.3 is 4.74 Å². The lowest BCUT2D eigenvalue weighted by Crippen LogP contribution is -2.09. The van der Waals surface area contributed by atoms with Crippen LogP contribution in [-0.2, 0) is 0 Å². The Bertz CT molecular complexity index is 1010. The summed E-state index contributed by atoms with van der Waals surface area (Å²) in [6, 6.07) is 15.5. The van der Waals surface area contributed by atoms with Crippen molar-refractivity contribution in [2.24, 2.45) is 0 Å². The lowest BCUT2D eigenvalue weighted by molar-refractivity contribution is 0.414. The molecule has 0 fully saturated rings. The van der Waals surface area contributed by atoms with Gasteiger partial charge in [0, 0.05) is 10.8 Å². The highest BCUT2D eigenvalue weighted by Crippen LogP contribution is 2.39. The molecular formula is C17H11NO2S. The molecule has 0 spiro atoms. The molecule has 1 aliphatic heterocycles. The topological polar surface area (TPSA) is 39.2 Å². The van der Waals surface area contributed by atoms with Crippen molar-refractivity contribution in [2.75, 3.05) is 7.11 Å². The summed E-state index contributed by atoms with van der Waals surface area (Å²) < 4.78 is 6.41. The molecule has 1 aliphatic carbocycles. The summed E-state index contributed by atoms with van der Waals surface area (Å²) in [5, 5.41) is 1.53. The van der Waals surface area contributed by atoms with Gasteiger partial charge in [-0.2, -0.15) is 0 Å². The first-order chi connectivity index (χ1) is 10.3. The van der Waals surface area contributed by atoms with E-state index in [9.17, 15) is 4.79 Å². The predicted octanol–water partition coefficient (Wildman–Crippen LogP) is 3.92. The predicted molar refractivity (Wildman–Crippen MR) is 86.6 cm³/mol. The zero-order valence-corrected chi connectivity index (χ0v) is 12.1. The largest absolute Gasteiger partial charge is 0.491 e. The van der Waals surface area contributed by atoms with E-state index in [-0.39, 0.29) is 5.43 Å². The smallest absolute Gasteiger partial charge is 0.229 e. The summed E-state index contributed by atoms with van der Waals surface area (Å²) >= 11 is 1.54. The van der Waals surface area contributed by atoms with Gasteiger partial charge in [0.05, 0.1) is 23.0 Å². The van der Waals surface area contributed by atoms with Gasteiger partial charge in [-0.3, -0.25) is 4.79 Å². The highest BCUT2D eigenvalue weighted by Gasteiger charge is 2.20. The molecule has 2 aromatic rings. The third-order valence-corrected chi connectivity index (χ3v) is 4.72. The fourth-order valence-electron chi connectivity index (χ4n) is 2.60. The highest BCUT2D eigenvalue weighted by atomic mass is 32.1. The van der Waals surface area contributed by atoms with Crippen LogP contribution >= 0.6 is 11.3 Å². The first-order valence-electron chi connectivity index (χ1n) is 6.58. The zero-order valence-electron chi connectivity index (χ0n) is 11.3. The summed E-state index contributed by atoms with van der Waals surface area (Å²) in [4.78, 5) is 18.1. The van der Waals surface area contributed by atoms with E-state index in [1.54, 1.807) is 11.3 Å². The van der Waals surface area contributed by atoms with Crippen LogP contribution in [0, 0.1) is 0 Å². The van der Waals surface area contributed by atoms with Gasteiger partial charge in [-0.25, -0.2) is 4.98 Å². The SMILES string of the molecule is COc1c2sc3ccccc3nc-2c2ccccc2c1=O. The number of hydrogen-bond donors (Lipinski definition) is 0. The molecule has 4 rings (SSSR count). The van der Waals surface area contributed by atoms with E-state index in [0.29, 0.717) is 11.1 Å². The molecular weight excluding hydrogens is 282 g/mol. The molecule has 0 saturated carbocycles. The normalized spacial score (nSPS) is 11.3. The monoisotopic (exact) mass is 293 g/mol. The van der Waals surface area contributed by atoms with Crippen molar-refractivity contribution in [3.63, 3.8) is 0 Å². The minimum Gasteiger partial charge on any atom is -0.491 e. The zero-order chi connectivity index (χ0) is 14.4. The maximum Gasteiger partial charge on any atom is 0.229 e. The van der Waals surface area contributed by atoms with Crippen molar-refractivity contribution in [1.82, 2.24) is 4.98 Å². The third kappa shape index (κ3) is 1.73. The van der Waals surface area contributed by atoms with Crippen molar-refractivity contribution < 1.29 is 4.74 Å². The van der Waals surface area contributed by atoms with Crippen LogP contribution in [0.15, 0.2) is 53.3 Å². The molecule has 1 heterocycles. The van der Waals surface area contributed by atoms with E-state index in [1.807, 2.05) is 48.5 Å². The van der Waals surface area contributed by atoms with Crippen LogP contribution in [-0.4, -0.2) is 12.1 Å². The van der Waals surface area contributed by atoms with Gasteiger partial charge in [0.2, 0.25) is 5.43 Å². The maximum atomic E-state index is 12.6. The summed E-state index contributed by atoms with van der Waals surface area (Å²) in [6.45, 7) is 0. The van der Waals surface area contributed by atoms with Gasteiger partial charge in [0.1, 0.15) is 4.88 Å². The van der Waals surface area contributed by atoms with Gasteiger partial charge >= 0.3 is 0 Å². The second-order valence-corrected chi connectivity index (χ2v) is 5.82. The molecule has 2 aromatic carbocycles. The van der Waals surface area contributed by atoms with Crippen LogP contribution in [0.3, 0.4) is 0 Å². The molecule has 0 bridgehead atoms. The number of hydrogen-bond acceptors (Lipinski definition) is 4. The van der Waals surface area contributed by atoms with Crippen LogP contribution < -0.4 is 10.2 Å². The lowest BCUT2D eigenvalue weighted by Gasteiger charge is -2.13. The highest BCUT2D eigenvalue weighted by molar-refractivity contribution is 7.21. The molecule has 4 heteroatoms. The van der Waals surface area contributed by atoms with E-state index in [4.69, 9.17) is 9.72 Å². The van der Waals surface area contributed by atoms with Crippen LogP contribution in [0.25, 0.3) is 31.6 Å². The number of methoxy groups -OCH3 is 1. The number of para-hydroxylation sites is 1. The molecule has 21 heavy (non-hydrogen) atoms. The maximum absolute atomic E-state index is 12.6. The van der Waals surface area contributed by atoms with Crippen LogP contribution in [0.2, 0.25) is 0 Å². The molecule has 0 amide bonds. The number of aromatic nitrogens is 1. The molecule has 0 unspecified atom stereocenters. The fourth-order valence-corrected chi connectivity index (χ4v) is 3.71. The van der Waals surface area contributed by atoms with Crippen molar-refractivity contribution in [2.45, 2.75) is 0 Å². The Morgan fingerprint density at radius 3 is 2.52 bits per heavy atom. The summed E-state index contributed by atoms with van der Waals surface area (Å²) in [7, 11) is 1.53. The Labute approximate surface area is 124 Å². The lowest BCUT2D eigenvalue weighted by atomic mass is 10.0. The van der Waals surface area contributed by atoms with Gasteiger partial charge in [0.25, 0.3) is 0 Å². The van der Waals surface area contributed by atoms with Crippen LogP contribution in [0.5, 0.6) is 5.75 Å². The number of fused-ring (bicyclic) bond motifs is 4. The van der Waals surface area contributed by atoms with Gasteiger partial charge in [-0.15, -0.1) is 11.3 Å². The molecule has 2 aliphatic rings. The Morgan fingerprint density at radius 1 is 1.00 bits per heavy atom. The Balaban J connectivity index is 2.32. The first kappa shape index (κ1) is 12.3. The average Bonchev–Trinajstić information content (AvgIpc) is 2.54. The summed E-state index contributed by atoms with van der Waals surface area (Å²) in [5.74, 6) is 0.381. The molecule has 0 N–H and O–H groups in total. The second-order valence-electron chi connectivity index (χ2n) is 4.77. The van der Waals surface area contributed by atoms with Crippen molar-refractivity contribution in [1.29, 1.82) is 0 Å². The molecule has 0 aromatic heterocycles. The molecule has 102 valence electrons. The number of benzene rings is 3. The Morgan fingerprint density at radius 2 is 1.71 bits per heavy atom. The van der Waals surface area contributed by atoms with Gasteiger partial charge in [-0.05, 0) is 12.1 Å². The van der Waals surface area contributed by atoms with E-state index >= 15 is 0 Å². The van der Waals surface area contributed by atoms with E-state index in [1.165, 1.54) is 7.11 Å². The van der Waals surface area contributed by atoms with Crippen molar-refractivity contribution in [3.8, 4) is 16.3 Å². The van der Waals surface area contributed by atoms with Crippen molar-refractivity contribution >= 4 is 32.3 Å². The van der Waals surface area contributed by atoms with Crippen molar-refractivity contribution in [3.05, 3.63) is 58.8 Å². The molecule has 0 saturated heterocycles. The first-order valence-corrected chi connectivity index (χ1v) is 7.39. The number of nitrogens with zero attached hydrogens (tertiary/aromatic N) is 1. The quantitative estimate of drug-likeness (QED) is 0.394. The Kier molecular flexibility index (Phi) is 2.65. The summed E-state index contributed by atoms with van der Waals surface area (Å²) in [5.41, 5.74) is 1.68. The third-order valence-electron chi connectivity index (χ3n) is 3.57. The second kappa shape index (κ2) is 4.53. The minimum atomic E-state index is -0.0751. The van der Waals surface area contributed by atoms with E-state index in [0.717, 1.165) is 26.2 Å². The molecule has 3 nitrogen and oxygen atoms in total. The minimum absolute atomic E-state index is 0.0751. The Hall–Kier alpha value is -2.46. The number of rotatable bonds is 1. The van der Waals surface area contributed by atoms with E-state index in [2.05, 4.69) is 0 Å². The van der Waals surface area contributed by atoms with Crippen LogP contribution in [0.4, 0.5) is 0 Å². The molecule has 0 radical (unpaired) electrons. The fraction of sp³-hybridized carbons (Fsp3) is 0.0588. The average molecular weight is 293 g/mol. The van der Waals surface area contributed by atoms with E-state index < -0.39 is 0 Å². The van der Waals surface area contributed by atoms with Gasteiger partial charge in [0.15, 0.2) is 5.75 Å². The summed E-state index contributed by atoms with van der Waals surface area (Å²) in [6.07, 6.45) is 0. The molecule has 0 atom stereocenters. The van der Waals surface area contributed by atoms with Crippen LogP contribution in [0.1, 0.15) is 0 Å². The standard InChI is InChI=1S/C17H11NO2S/c1-20-16-15(19)11-7-3-2-6-10(11)14-17(16)21-13-9-5-4-8-12(13)18-14/h2-9H,1H3. The number of ether oxygens (including phenoxy) is 1. The van der Waals surface area contributed by atoms with Gasteiger partial charge in [-0.1, -0.05) is 36.4 Å².